The van der Waals surface area contributed by atoms with E-state index in [9.17, 15) is 0 Å². The summed E-state index contributed by atoms with van der Waals surface area (Å²) in [5.74, 6) is 0. The lowest BCUT2D eigenvalue weighted by Crippen LogP contribution is -2.40. The van der Waals surface area contributed by atoms with Gasteiger partial charge in [0.15, 0.2) is 6.29 Å². The van der Waals surface area contributed by atoms with Crippen molar-refractivity contribution in [3.63, 3.8) is 0 Å². The maximum atomic E-state index is 9.12. The second-order valence-electron chi connectivity index (χ2n) is 2.72. The molecule has 1 heterocycles. The van der Waals surface area contributed by atoms with Crippen LogP contribution >= 0.6 is 0 Å². The second-order valence-corrected chi connectivity index (χ2v) is 2.72. The molecule has 1 fully saturated rings. The van der Waals surface area contributed by atoms with Crippen LogP contribution in [0.2, 0.25) is 0 Å². The Kier molecular flexibility index (Phi) is 2.99. The molecule has 1 saturated heterocycles. The third-order valence-electron chi connectivity index (χ3n) is 1.84. The van der Waals surface area contributed by atoms with Crippen LogP contribution in [0.25, 0.3) is 0 Å². The van der Waals surface area contributed by atoms with Crippen molar-refractivity contribution in [2.24, 2.45) is 0 Å². The molecule has 5 N–H and O–H groups in total. The van der Waals surface area contributed by atoms with Gasteiger partial charge in [-0.25, -0.2) is 0 Å². The van der Waals surface area contributed by atoms with Crippen LogP contribution in [0.4, 0.5) is 0 Å². The number of rotatable bonds is 2. The first kappa shape index (κ1) is 9.85. The van der Waals surface area contributed by atoms with Gasteiger partial charge < -0.3 is 30.3 Å². The fraction of sp³-hybridized carbons (Fsp3) is 1.00. The SMILES string of the molecule is OC[C@H](O)[C@@H]1OC(O)[C@H](O)[C@@H]1O. The lowest BCUT2D eigenvalue weighted by atomic mass is 10.1. The molecule has 0 aromatic heterocycles. The molecule has 0 radical (unpaired) electrons. The van der Waals surface area contributed by atoms with E-state index in [1.807, 2.05) is 0 Å². The Morgan fingerprint density at radius 1 is 1.17 bits per heavy atom. The summed E-state index contributed by atoms with van der Waals surface area (Å²) in [6.07, 6.45) is -6.75. The number of hydrogen-bond acceptors (Lipinski definition) is 6. The molecule has 0 amide bonds. The van der Waals surface area contributed by atoms with Gasteiger partial charge in [0, 0.05) is 0 Å². The molecule has 0 bridgehead atoms. The van der Waals surface area contributed by atoms with Crippen LogP contribution in [-0.2, 0) is 4.74 Å². The Balaban J connectivity index is 2.58. The Morgan fingerprint density at radius 2 is 1.75 bits per heavy atom. The molecule has 1 aliphatic heterocycles. The van der Waals surface area contributed by atoms with Gasteiger partial charge in [0.05, 0.1) is 6.61 Å². The molecule has 72 valence electrons. The highest BCUT2D eigenvalue weighted by atomic mass is 16.6. The molecule has 12 heavy (non-hydrogen) atoms. The monoisotopic (exact) mass is 180 g/mol. The third-order valence-corrected chi connectivity index (χ3v) is 1.84. The molecule has 0 aromatic carbocycles. The largest absolute Gasteiger partial charge is 0.394 e. The highest BCUT2D eigenvalue weighted by molar-refractivity contribution is 4.89. The van der Waals surface area contributed by atoms with Gasteiger partial charge in [-0.15, -0.1) is 0 Å². The van der Waals surface area contributed by atoms with Crippen LogP contribution in [0.1, 0.15) is 0 Å². The predicted molar refractivity (Wildman–Crippen MR) is 36.0 cm³/mol. The minimum atomic E-state index is -1.51. The Labute approximate surface area is 68.6 Å². The summed E-state index contributed by atoms with van der Waals surface area (Å²) in [6, 6.07) is 0. The summed E-state index contributed by atoms with van der Waals surface area (Å²) >= 11 is 0. The van der Waals surface area contributed by atoms with Crippen molar-refractivity contribution < 1.29 is 30.3 Å². The molecule has 5 atom stereocenters. The Hall–Kier alpha value is -0.240. The van der Waals surface area contributed by atoms with E-state index in [4.69, 9.17) is 25.5 Å². The minimum absolute atomic E-state index is 0.596. The standard InChI is InChI=1S/C6H12O6/c7-1-2(8)5-3(9)4(10)6(11)12-5/h2-11H,1H2/t2-,3-,4+,5-,6?/m0/s1. The Morgan fingerprint density at radius 3 is 2.08 bits per heavy atom. The van der Waals surface area contributed by atoms with E-state index in [0.717, 1.165) is 0 Å². The fourth-order valence-corrected chi connectivity index (χ4v) is 1.11. The van der Waals surface area contributed by atoms with Crippen LogP contribution in [0, 0.1) is 0 Å². The lowest BCUT2D eigenvalue weighted by molar-refractivity contribution is -0.150. The lowest BCUT2D eigenvalue weighted by Gasteiger charge is -2.18. The van der Waals surface area contributed by atoms with Crippen molar-refractivity contribution in [3.05, 3.63) is 0 Å². The number of hydrogen-bond donors (Lipinski definition) is 5. The smallest absolute Gasteiger partial charge is 0.184 e. The van der Waals surface area contributed by atoms with Crippen LogP contribution in [0.3, 0.4) is 0 Å². The van der Waals surface area contributed by atoms with Crippen molar-refractivity contribution in [1.82, 2.24) is 0 Å². The zero-order valence-corrected chi connectivity index (χ0v) is 6.24. The second kappa shape index (κ2) is 3.65. The number of aliphatic hydroxyl groups is 5. The summed E-state index contributed by atoms with van der Waals surface area (Å²) < 4.78 is 4.58. The summed E-state index contributed by atoms with van der Waals surface area (Å²) in [5, 5.41) is 44.4. The highest BCUT2D eigenvalue weighted by Crippen LogP contribution is 2.21. The van der Waals surface area contributed by atoms with Gasteiger partial charge in [0.2, 0.25) is 0 Å². The van der Waals surface area contributed by atoms with Gasteiger partial charge in [-0.3, -0.25) is 0 Å². The Bertz CT molecular complexity index is 151. The van der Waals surface area contributed by atoms with Crippen LogP contribution in [0.15, 0.2) is 0 Å². The highest BCUT2D eigenvalue weighted by Gasteiger charge is 2.44. The first-order valence-corrected chi connectivity index (χ1v) is 3.56. The molecule has 0 aliphatic carbocycles. The quantitative estimate of drug-likeness (QED) is 0.306. The van der Waals surface area contributed by atoms with Crippen LogP contribution in [0.5, 0.6) is 0 Å². The minimum Gasteiger partial charge on any atom is -0.394 e. The van der Waals surface area contributed by atoms with Crippen molar-refractivity contribution in [2.45, 2.75) is 30.7 Å². The predicted octanol–water partition coefficient (Wildman–Crippen LogP) is -3.22. The average Bonchev–Trinajstić information content (AvgIpc) is 2.32. The van der Waals surface area contributed by atoms with Crippen LogP contribution in [-0.4, -0.2) is 62.8 Å². The maximum absolute atomic E-state index is 9.12. The summed E-state index contributed by atoms with van der Waals surface area (Å²) in [5.41, 5.74) is 0. The van der Waals surface area contributed by atoms with E-state index < -0.39 is 37.3 Å². The van der Waals surface area contributed by atoms with Crippen LogP contribution < -0.4 is 0 Å². The molecule has 1 unspecified atom stereocenters. The summed E-state index contributed by atoms with van der Waals surface area (Å²) in [6.45, 7) is -0.596. The van der Waals surface area contributed by atoms with E-state index in [2.05, 4.69) is 4.74 Å². The van der Waals surface area contributed by atoms with Crippen molar-refractivity contribution in [3.8, 4) is 0 Å². The van der Waals surface area contributed by atoms with Gasteiger partial charge in [-0.05, 0) is 0 Å². The first-order chi connectivity index (χ1) is 5.57. The van der Waals surface area contributed by atoms with Crippen molar-refractivity contribution >= 4 is 0 Å². The summed E-state index contributed by atoms with van der Waals surface area (Å²) in [4.78, 5) is 0. The van der Waals surface area contributed by atoms with E-state index in [1.165, 1.54) is 0 Å². The fourth-order valence-electron chi connectivity index (χ4n) is 1.11. The molecule has 1 aliphatic rings. The molecule has 0 spiro atoms. The molecule has 6 heteroatoms. The number of aliphatic hydroxyl groups excluding tert-OH is 5. The molecule has 0 aromatic rings. The maximum Gasteiger partial charge on any atom is 0.184 e. The molecule has 6 nitrogen and oxygen atoms in total. The van der Waals surface area contributed by atoms with Gasteiger partial charge in [0.1, 0.15) is 24.4 Å². The van der Waals surface area contributed by atoms with E-state index >= 15 is 0 Å². The topological polar surface area (TPSA) is 110 Å². The molecule has 1 rings (SSSR count). The van der Waals surface area contributed by atoms with Gasteiger partial charge in [-0.1, -0.05) is 0 Å². The van der Waals surface area contributed by atoms with E-state index in [0.29, 0.717) is 0 Å². The first-order valence-electron chi connectivity index (χ1n) is 3.56. The van der Waals surface area contributed by atoms with E-state index in [-0.39, 0.29) is 0 Å². The summed E-state index contributed by atoms with van der Waals surface area (Å²) in [7, 11) is 0. The zero-order valence-electron chi connectivity index (χ0n) is 6.24. The van der Waals surface area contributed by atoms with Gasteiger partial charge in [-0.2, -0.15) is 0 Å². The van der Waals surface area contributed by atoms with E-state index in [1.54, 1.807) is 0 Å². The average molecular weight is 180 g/mol. The normalized spacial score (nSPS) is 44.8. The van der Waals surface area contributed by atoms with Gasteiger partial charge >= 0.3 is 0 Å². The molecular formula is C6H12O6. The van der Waals surface area contributed by atoms with Gasteiger partial charge in [0.25, 0.3) is 0 Å². The number of ether oxygens (including phenoxy) is 1. The molecule has 0 saturated carbocycles. The zero-order chi connectivity index (χ0) is 9.30. The molecular weight excluding hydrogens is 168 g/mol. The van der Waals surface area contributed by atoms with Crippen molar-refractivity contribution in [1.29, 1.82) is 0 Å². The third kappa shape index (κ3) is 1.58. The van der Waals surface area contributed by atoms with Crippen molar-refractivity contribution in [2.75, 3.05) is 6.61 Å².